The van der Waals surface area contributed by atoms with Gasteiger partial charge in [-0.05, 0) is 62.1 Å². The van der Waals surface area contributed by atoms with Crippen molar-refractivity contribution in [1.29, 1.82) is 0 Å². The second kappa shape index (κ2) is 8.11. The highest BCUT2D eigenvalue weighted by molar-refractivity contribution is 5.76. The van der Waals surface area contributed by atoms with Crippen molar-refractivity contribution in [3.05, 3.63) is 35.6 Å². The lowest BCUT2D eigenvalue weighted by atomic mass is 9.89. The summed E-state index contributed by atoms with van der Waals surface area (Å²) in [7, 11) is 0. The van der Waals surface area contributed by atoms with Crippen LogP contribution >= 0.6 is 0 Å². The quantitative estimate of drug-likeness (QED) is 0.828. The number of amides is 1. The first-order valence-corrected chi connectivity index (χ1v) is 9.42. The number of hydrogen-bond acceptors (Lipinski definition) is 2. The molecule has 2 saturated heterocycles. The van der Waals surface area contributed by atoms with E-state index in [2.05, 4.69) is 12.2 Å². The Labute approximate surface area is 144 Å². The van der Waals surface area contributed by atoms with Gasteiger partial charge in [0.05, 0.1) is 0 Å². The Kier molecular flexibility index (Phi) is 5.88. The molecule has 2 aliphatic rings. The van der Waals surface area contributed by atoms with Gasteiger partial charge in [-0.2, -0.15) is 0 Å². The fourth-order valence-corrected chi connectivity index (χ4v) is 4.31. The van der Waals surface area contributed by atoms with Crippen molar-refractivity contribution in [2.75, 3.05) is 13.1 Å². The Bertz CT molecular complexity index is 550. The molecule has 2 aliphatic heterocycles. The van der Waals surface area contributed by atoms with E-state index in [1.807, 2.05) is 11.0 Å². The maximum atomic E-state index is 13.3. The van der Waals surface area contributed by atoms with E-state index >= 15 is 0 Å². The van der Waals surface area contributed by atoms with E-state index in [9.17, 15) is 9.18 Å². The van der Waals surface area contributed by atoms with E-state index in [4.69, 9.17) is 0 Å². The van der Waals surface area contributed by atoms with Crippen LogP contribution in [-0.2, 0) is 11.2 Å². The van der Waals surface area contributed by atoms with Crippen LogP contribution in [0.2, 0.25) is 0 Å². The highest BCUT2D eigenvalue weighted by Gasteiger charge is 2.34. The van der Waals surface area contributed by atoms with E-state index in [1.165, 1.54) is 18.9 Å². The zero-order chi connectivity index (χ0) is 16.9. The second-order valence-corrected chi connectivity index (χ2v) is 7.44. The van der Waals surface area contributed by atoms with Gasteiger partial charge in [-0.15, -0.1) is 0 Å². The summed E-state index contributed by atoms with van der Waals surface area (Å²) in [6.45, 7) is 3.59. The van der Waals surface area contributed by atoms with Gasteiger partial charge in [0, 0.05) is 31.6 Å². The molecule has 1 aromatic carbocycles. The van der Waals surface area contributed by atoms with Crippen LogP contribution in [0.4, 0.5) is 4.39 Å². The Morgan fingerprint density at radius 3 is 2.67 bits per heavy atom. The van der Waals surface area contributed by atoms with Gasteiger partial charge >= 0.3 is 0 Å². The van der Waals surface area contributed by atoms with Gasteiger partial charge in [-0.1, -0.05) is 19.1 Å². The van der Waals surface area contributed by atoms with Gasteiger partial charge in [-0.3, -0.25) is 4.79 Å². The summed E-state index contributed by atoms with van der Waals surface area (Å²) in [4.78, 5) is 14.7. The fraction of sp³-hybridized carbons (Fsp3) is 0.650. The van der Waals surface area contributed by atoms with Crippen molar-refractivity contribution < 1.29 is 9.18 Å². The van der Waals surface area contributed by atoms with Gasteiger partial charge in [0.25, 0.3) is 0 Å². The summed E-state index contributed by atoms with van der Waals surface area (Å²) in [5, 5.41) is 3.64. The minimum Gasteiger partial charge on any atom is -0.342 e. The van der Waals surface area contributed by atoms with Crippen molar-refractivity contribution in [3.8, 4) is 0 Å². The molecule has 2 fully saturated rings. The summed E-state index contributed by atoms with van der Waals surface area (Å²) in [5.41, 5.74) is 0.962. The average Bonchev–Trinajstić information content (AvgIpc) is 2.90. The minimum atomic E-state index is -0.203. The van der Waals surface area contributed by atoms with Crippen LogP contribution < -0.4 is 5.32 Å². The average molecular weight is 332 g/mol. The SMILES string of the molecule is CCCN(CCc1cccc(F)c1)C(=O)CC1CC2CCC(C1)N2. The molecule has 1 N–H and O–H groups in total. The third kappa shape index (κ3) is 4.56. The van der Waals surface area contributed by atoms with E-state index in [-0.39, 0.29) is 11.7 Å². The summed E-state index contributed by atoms with van der Waals surface area (Å²) in [6, 6.07) is 7.97. The van der Waals surface area contributed by atoms with Crippen LogP contribution in [0.15, 0.2) is 24.3 Å². The topological polar surface area (TPSA) is 32.3 Å². The number of carbonyl (C=O) groups excluding carboxylic acids is 1. The minimum absolute atomic E-state index is 0.203. The molecule has 132 valence electrons. The molecule has 2 bridgehead atoms. The number of benzene rings is 1. The molecule has 0 radical (unpaired) electrons. The van der Waals surface area contributed by atoms with Crippen molar-refractivity contribution >= 4 is 5.91 Å². The predicted molar refractivity (Wildman–Crippen MR) is 94.3 cm³/mol. The molecular formula is C20H29FN2O. The highest BCUT2D eigenvalue weighted by atomic mass is 19.1. The largest absolute Gasteiger partial charge is 0.342 e. The van der Waals surface area contributed by atoms with Crippen LogP contribution in [-0.4, -0.2) is 36.0 Å². The third-order valence-electron chi connectivity index (χ3n) is 5.44. The lowest BCUT2D eigenvalue weighted by Gasteiger charge is -2.31. The lowest BCUT2D eigenvalue weighted by Crippen LogP contribution is -2.41. The summed E-state index contributed by atoms with van der Waals surface area (Å²) in [5.74, 6) is 0.607. The molecule has 0 saturated carbocycles. The maximum Gasteiger partial charge on any atom is 0.222 e. The standard InChI is InChI=1S/C20H29FN2O/c1-2-9-23(10-8-15-4-3-5-17(21)11-15)20(24)14-16-12-18-6-7-19(13-16)22-18/h3-5,11,16,18-19,22H,2,6-10,12-14H2,1H3. The van der Waals surface area contributed by atoms with E-state index in [0.29, 0.717) is 31.0 Å². The zero-order valence-corrected chi connectivity index (χ0v) is 14.6. The lowest BCUT2D eigenvalue weighted by molar-refractivity contribution is -0.132. The number of fused-ring (bicyclic) bond motifs is 2. The van der Waals surface area contributed by atoms with Crippen LogP contribution in [0.5, 0.6) is 0 Å². The molecule has 4 heteroatoms. The first-order chi connectivity index (χ1) is 11.6. The van der Waals surface area contributed by atoms with E-state index in [1.54, 1.807) is 12.1 Å². The summed E-state index contributed by atoms with van der Waals surface area (Å²) < 4.78 is 13.3. The molecule has 1 amide bonds. The number of piperidine rings is 1. The Balaban J connectivity index is 1.53. The van der Waals surface area contributed by atoms with Crippen molar-refractivity contribution in [2.24, 2.45) is 5.92 Å². The van der Waals surface area contributed by atoms with Gasteiger partial charge in [-0.25, -0.2) is 4.39 Å². The third-order valence-corrected chi connectivity index (χ3v) is 5.44. The van der Waals surface area contributed by atoms with Crippen molar-refractivity contribution in [2.45, 2.75) is 64.0 Å². The Hall–Kier alpha value is -1.42. The monoisotopic (exact) mass is 332 g/mol. The van der Waals surface area contributed by atoms with Gasteiger partial charge in [0.1, 0.15) is 5.82 Å². The molecule has 0 aliphatic carbocycles. The van der Waals surface area contributed by atoms with E-state index in [0.717, 1.165) is 37.8 Å². The molecule has 0 aromatic heterocycles. The molecule has 0 spiro atoms. The number of hydrogen-bond donors (Lipinski definition) is 1. The summed E-state index contributed by atoms with van der Waals surface area (Å²) in [6.07, 6.45) is 7.20. The van der Waals surface area contributed by atoms with Crippen LogP contribution in [0, 0.1) is 11.7 Å². The van der Waals surface area contributed by atoms with Crippen molar-refractivity contribution in [1.82, 2.24) is 10.2 Å². The van der Waals surface area contributed by atoms with Gasteiger partial charge in [0.2, 0.25) is 5.91 Å². The Morgan fingerprint density at radius 2 is 2.00 bits per heavy atom. The number of nitrogens with one attached hydrogen (secondary N) is 1. The predicted octanol–water partition coefficient (Wildman–Crippen LogP) is 3.53. The maximum absolute atomic E-state index is 13.3. The first-order valence-electron chi connectivity index (χ1n) is 9.42. The normalized spacial score (nSPS) is 25.7. The number of carbonyl (C=O) groups is 1. The molecule has 2 unspecified atom stereocenters. The van der Waals surface area contributed by atoms with Gasteiger partial charge < -0.3 is 10.2 Å². The molecule has 24 heavy (non-hydrogen) atoms. The molecular weight excluding hydrogens is 303 g/mol. The molecule has 1 aromatic rings. The van der Waals surface area contributed by atoms with Crippen LogP contribution in [0.3, 0.4) is 0 Å². The summed E-state index contributed by atoms with van der Waals surface area (Å²) >= 11 is 0. The van der Waals surface area contributed by atoms with Crippen LogP contribution in [0.25, 0.3) is 0 Å². The molecule has 3 rings (SSSR count). The zero-order valence-electron chi connectivity index (χ0n) is 14.6. The van der Waals surface area contributed by atoms with Gasteiger partial charge in [0.15, 0.2) is 0 Å². The smallest absolute Gasteiger partial charge is 0.222 e. The first kappa shape index (κ1) is 17.4. The fourth-order valence-electron chi connectivity index (χ4n) is 4.31. The highest BCUT2D eigenvalue weighted by Crippen LogP contribution is 2.33. The number of halogens is 1. The molecule has 2 atom stereocenters. The molecule has 2 heterocycles. The van der Waals surface area contributed by atoms with E-state index < -0.39 is 0 Å². The number of rotatable bonds is 7. The number of nitrogens with zero attached hydrogens (tertiary/aromatic N) is 1. The Morgan fingerprint density at radius 1 is 1.25 bits per heavy atom. The molecule has 3 nitrogen and oxygen atoms in total. The van der Waals surface area contributed by atoms with Crippen LogP contribution in [0.1, 0.15) is 51.0 Å². The van der Waals surface area contributed by atoms with Crippen molar-refractivity contribution in [3.63, 3.8) is 0 Å². The second-order valence-electron chi connectivity index (χ2n) is 7.44.